The van der Waals surface area contributed by atoms with Gasteiger partial charge < -0.3 is 10.0 Å². The summed E-state index contributed by atoms with van der Waals surface area (Å²) in [4.78, 5) is 26.8. The normalized spacial score (nSPS) is 17.2. The Hall–Kier alpha value is -2.39. The lowest BCUT2D eigenvalue weighted by Gasteiger charge is -2.37. The molecule has 0 spiro atoms. The van der Waals surface area contributed by atoms with Gasteiger partial charge in [-0.1, -0.05) is 24.3 Å². The van der Waals surface area contributed by atoms with Gasteiger partial charge in [-0.15, -0.1) is 0 Å². The average molecular weight is 329 g/mol. The Labute approximate surface area is 142 Å². The Balaban J connectivity index is 2.19. The predicted molar refractivity (Wildman–Crippen MR) is 89.3 cm³/mol. The highest BCUT2D eigenvalue weighted by atomic mass is 16.4. The number of carboxylic acids is 1. The molecule has 0 aromatic heterocycles. The number of aliphatic carboxylic acids is 1. The van der Waals surface area contributed by atoms with Gasteiger partial charge in [-0.05, 0) is 25.0 Å². The molecule has 1 heterocycles. The molecule has 1 aliphatic heterocycles. The van der Waals surface area contributed by atoms with Crippen molar-refractivity contribution in [1.29, 1.82) is 5.26 Å². The molecule has 6 heteroatoms. The van der Waals surface area contributed by atoms with Gasteiger partial charge in [-0.3, -0.25) is 14.5 Å². The topological polar surface area (TPSA) is 84.6 Å². The molecule has 24 heavy (non-hydrogen) atoms. The van der Waals surface area contributed by atoms with Crippen molar-refractivity contribution < 1.29 is 14.7 Å². The van der Waals surface area contributed by atoms with Crippen LogP contribution in [0.1, 0.15) is 37.9 Å². The molecule has 1 saturated heterocycles. The largest absolute Gasteiger partial charge is 0.480 e. The number of hydrogen-bond acceptors (Lipinski definition) is 4. The zero-order chi connectivity index (χ0) is 17.9. The standard InChI is InChI=1S/C18H23N3O3/c1-13(22)20-8-10-21(11-9-20)16(17(23)24)14-4-6-15(7-5-14)18(2,3)12-19/h4-7,16H,8-11H2,1-3H3,(H,23,24). The van der Waals surface area contributed by atoms with Gasteiger partial charge in [0.15, 0.2) is 0 Å². The maximum absolute atomic E-state index is 11.8. The number of amides is 1. The molecule has 1 fully saturated rings. The van der Waals surface area contributed by atoms with Crippen LogP contribution < -0.4 is 0 Å². The summed E-state index contributed by atoms with van der Waals surface area (Å²) in [5.41, 5.74) is 0.945. The van der Waals surface area contributed by atoms with Crippen LogP contribution in [0.15, 0.2) is 24.3 Å². The highest BCUT2D eigenvalue weighted by Crippen LogP contribution is 2.27. The summed E-state index contributed by atoms with van der Waals surface area (Å²) >= 11 is 0. The summed E-state index contributed by atoms with van der Waals surface area (Å²) < 4.78 is 0. The molecule has 2 rings (SSSR count). The fourth-order valence-electron chi connectivity index (χ4n) is 2.95. The number of rotatable bonds is 4. The molecule has 0 radical (unpaired) electrons. The number of piperazine rings is 1. The summed E-state index contributed by atoms with van der Waals surface area (Å²) in [5, 5.41) is 18.9. The minimum atomic E-state index is -0.904. The molecule has 1 unspecified atom stereocenters. The summed E-state index contributed by atoms with van der Waals surface area (Å²) in [6, 6.07) is 8.71. The van der Waals surface area contributed by atoms with Gasteiger partial charge in [0.2, 0.25) is 5.91 Å². The van der Waals surface area contributed by atoms with Crippen LogP contribution in [-0.4, -0.2) is 53.0 Å². The van der Waals surface area contributed by atoms with Gasteiger partial charge in [0.1, 0.15) is 6.04 Å². The Morgan fingerprint density at radius 2 is 1.71 bits per heavy atom. The molecule has 6 nitrogen and oxygen atoms in total. The zero-order valence-electron chi connectivity index (χ0n) is 14.3. The predicted octanol–water partition coefficient (Wildman–Crippen LogP) is 1.78. The van der Waals surface area contributed by atoms with Crippen molar-refractivity contribution >= 4 is 11.9 Å². The lowest BCUT2D eigenvalue weighted by atomic mass is 9.85. The van der Waals surface area contributed by atoms with E-state index in [1.807, 2.05) is 30.9 Å². The molecule has 1 aliphatic rings. The van der Waals surface area contributed by atoms with Crippen LogP contribution in [0.3, 0.4) is 0 Å². The molecular weight excluding hydrogens is 306 g/mol. The lowest BCUT2D eigenvalue weighted by Crippen LogP contribution is -2.50. The minimum absolute atomic E-state index is 0.0182. The second-order valence-corrected chi connectivity index (χ2v) is 6.64. The lowest BCUT2D eigenvalue weighted by molar-refractivity contribution is -0.145. The van der Waals surface area contributed by atoms with Gasteiger partial charge in [0.25, 0.3) is 0 Å². The SMILES string of the molecule is CC(=O)N1CCN(C(C(=O)O)c2ccc(C(C)(C)C#N)cc2)CC1. The summed E-state index contributed by atoms with van der Waals surface area (Å²) in [5.74, 6) is -0.886. The number of carbonyl (C=O) groups excluding carboxylic acids is 1. The van der Waals surface area contributed by atoms with Crippen LogP contribution in [0.5, 0.6) is 0 Å². The highest BCUT2D eigenvalue weighted by Gasteiger charge is 2.31. The number of carboxylic acid groups (broad SMARTS) is 1. The molecule has 0 aliphatic carbocycles. The highest BCUT2D eigenvalue weighted by molar-refractivity contribution is 5.76. The minimum Gasteiger partial charge on any atom is -0.480 e. The van der Waals surface area contributed by atoms with Crippen LogP contribution in [0.2, 0.25) is 0 Å². The summed E-state index contributed by atoms with van der Waals surface area (Å²) in [6.45, 7) is 7.33. The van der Waals surface area contributed by atoms with Crippen molar-refractivity contribution in [3.05, 3.63) is 35.4 Å². The third-order valence-electron chi connectivity index (χ3n) is 4.59. The second-order valence-electron chi connectivity index (χ2n) is 6.64. The molecule has 128 valence electrons. The number of carbonyl (C=O) groups is 2. The number of nitriles is 1. The molecule has 1 atom stereocenters. The number of nitrogens with zero attached hydrogens (tertiary/aromatic N) is 3. The Bertz CT molecular complexity index is 653. The van der Waals surface area contributed by atoms with E-state index in [1.165, 1.54) is 6.92 Å². The van der Waals surface area contributed by atoms with Crippen molar-refractivity contribution in [2.24, 2.45) is 0 Å². The molecule has 1 N–H and O–H groups in total. The van der Waals surface area contributed by atoms with Crippen molar-refractivity contribution in [2.45, 2.75) is 32.2 Å². The molecule has 1 amide bonds. The van der Waals surface area contributed by atoms with E-state index in [2.05, 4.69) is 6.07 Å². The van der Waals surface area contributed by atoms with Crippen LogP contribution in [0, 0.1) is 11.3 Å². The first-order chi connectivity index (χ1) is 11.3. The van der Waals surface area contributed by atoms with Gasteiger partial charge in [0.05, 0.1) is 11.5 Å². The summed E-state index contributed by atoms with van der Waals surface area (Å²) in [6.07, 6.45) is 0. The number of hydrogen-bond donors (Lipinski definition) is 1. The Morgan fingerprint density at radius 3 is 2.12 bits per heavy atom. The van der Waals surface area contributed by atoms with Crippen molar-refractivity contribution in [2.75, 3.05) is 26.2 Å². The average Bonchev–Trinajstić information content (AvgIpc) is 2.55. The molecule has 1 aromatic carbocycles. The molecule has 0 bridgehead atoms. The van der Waals surface area contributed by atoms with Crippen molar-refractivity contribution in [1.82, 2.24) is 9.80 Å². The van der Waals surface area contributed by atoms with Crippen LogP contribution in [0.4, 0.5) is 0 Å². The molecule has 1 aromatic rings. The fourth-order valence-corrected chi connectivity index (χ4v) is 2.95. The van der Waals surface area contributed by atoms with E-state index in [0.717, 1.165) is 5.56 Å². The zero-order valence-corrected chi connectivity index (χ0v) is 14.3. The van der Waals surface area contributed by atoms with Gasteiger partial charge >= 0.3 is 5.97 Å². The maximum atomic E-state index is 11.8. The van der Waals surface area contributed by atoms with Gasteiger partial charge in [-0.2, -0.15) is 5.26 Å². The summed E-state index contributed by atoms with van der Waals surface area (Å²) in [7, 11) is 0. The third-order valence-corrected chi connectivity index (χ3v) is 4.59. The molecular formula is C18H23N3O3. The van der Waals surface area contributed by atoms with Crippen molar-refractivity contribution in [3.8, 4) is 6.07 Å². The van der Waals surface area contributed by atoms with E-state index < -0.39 is 17.4 Å². The van der Waals surface area contributed by atoms with E-state index in [-0.39, 0.29) is 5.91 Å². The first kappa shape index (κ1) is 18.0. The van der Waals surface area contributed by atoms with Crippen molar-refractivity contribution in [3.63, 3.8) is 0 Å². The Kier molecular flexibility index (Phi) is 5.25. The van der Waals surface area contributed by atoms with Crippen LogP contribution in [-0.2, 0) is 15.0 Å². The van der Waals surface area contributed by atoms with Gasteiger partial charge in [-0.25, -0.2) is 0 Å². The first-order valence-electron chi connectivity index (χ1n) is 8.00. The van der Waals surface area contributed by atoms with E-state index in [4.69, 9.17) is 0 Å². The molecule has 0 saturated carbocycles. The Morgan fingerprint density at radius 1 is 1.17 bits per heavy atom. The van der Waals surface area contributed by atoms with E-state index >= 15 is 0 Å². The van der Waals surface area contributed by atoms with Crippen LogP contribution >= 0.6 is 0 Å². The van der Waals surface area contributed by atoms with Gasteiger partial charge in [0, 0.05) is 33.1 Å². The smallest absolute Gasteiger partial charge is 0.325 e. The maximum Gasteiger partial charge on any atom is 0.325 e. The van der Waals surface area contributed by atoms with E-state index in [9.17, 15) is 20.0 Å². The second kappa shape index (κ2) is 7.02. The fraction of sp³-hybridized carbons (Fsp3) is 0.500. The van der Waals surface area contributed by atoms with E-state index in [0.29, 0.717) is 31.7 Å². The number of benzene rings is 1. The first-order valence-corrected chi connectivity index (χ1v) is 8.00. The van der Waals surface area contributed by atoms with E-state index in [1.54, 1.807) is 17.0 Å². The third kappa shape index (κ3) is 3.74. The quantitative estimate of drug-likeness (QED) is 0.910. The monoisotopic (exact) mass is 329 g/mol. The van der Waals surface area contributed by atoms with Crippen LogP contribution in [0.25, 0.3) is 0 Å².